The lowest BCUT2D eigenvalue weighted by atomic mass is 10.1. The summed E-state index contributed by atoms with van der Waals surface area (Å²) in [5.41, 5.74) is 4.46. The minimum Gasteiger partial charge on any atom is -0.497 e. The van der Waals surface area contributed by atoms with Crippen molar-refractivity contribution in [3.63, 3.8) is 0 Å². The van der Waals surface area contributed by atoms with Crippen LogP contribution in [0.25, 0.3) is 0 Å². The minimum atomic E-state index is 0.0142. The van der Waals surface area contributed by atoms with Gasteiger partial charge >= 0.3 is 0 Å². The number of rotatable bonds is 13. The Morgan fingerprint density at radius 3 is 2.22 bits per heavy atom. The van der Waals surface area contributed by atoms with Gasteiger partial charge in [0.15, 0.2) is 0 Å². The Bertz CT molecular complexity index is 939. The van der Waals surface area contributed by atoms with Crippen molar-refractivity contribution in [1.82, 2.24) is 10.6 Å². The number of carbonyl (C=O) groups is 1. The van der Waals surface area contributed by atoms with Gasteiger partial charge in [0, 0.05) is 18.7 Å². The monoisotopic (exact) mass is 430 g/mol. The molecule has 168 valence electrons. The van der Waals surface area contributed by atoms with Crippen LogP contribution in [0.15, 0.2) is 78.9 Å². The van der Waals surface area contributed by atoms with Crippen LogP contribution in [0, 0.1) is 0 Å². The van der Waals surface area contributed by atoms with Gasteiger partial charge in [0.1, 0.15) is 5.75 Å². The molecule has 2 N–H and O–H groups in total. The second-order valence-electron chi connectivity index (χ2n) is 7.98. The number of carbonyl (C=O) groups excluding carboxylic acids is 1. The molecule has 3 aromatic rings. The Hall–Kier alpha value is -3.11. The number of hydrogen-bond acceptors (Lipinski definition) is 3. The minimum absolute atomic E-state index is 0.0142. The predicted octanol–water partition coefficient (Wildman–Crippen LogP) is 5.17. The molecular formula is C28H34N2O2. The van der Waals surface area contributed by atoms with E-state index >= 15 is 0 Å². The van der Waals surface area contributed by atoms with Crippen molar-refractivity contribution in [3.8, 4) is 5.75 Å². The van der Waals surface area contributed by atoms with Crippen molar-refractivity contribution in [1.29, 1.82) is 0 Å². The zero-order chi connectivity index (χ0) is 22.4. The highest BCUT2D eigenvalue weighted by Gasteiger charge is 2.10. The van der Waals surface area contributed by atoms with E-state index in [9.17, 15) is 4.79 Å². The van der Waals surface area contributed by atoms with Crippen LogP contribution < -0.4 is 15.4 Å². The molecule has 0 heterocycles. The molecule has 32 heavy (non-hydrogen) atoms. The van der Waals surface area contributed by atoms with Gasteiger partial charge in [-0.3, -0.25) is 4.79 Å². The third-order valence-corrected chi connectivity index (χ3v) is 5.58. The fraction of sp³-hybridized carbons (Fsp3) is 0.321. The van der Waals surface area contributed by atoms with Crippen LogP contribution in [0.1, 0.15) is 46.3 Å². The molecule has 0 radical (unpaired) electrons. The van der Waals surface area contributed by atoms with Gasteiger partial charge in [0.2, 0.25) is 0 Å². The Labute approximate surface area is 192 Å². The van der Waals surface area contributed by atoms with Crippen LogP contribution in [0.4, 0.5) is 0 Å². The first-order valence-electron chi connectivity index (χ1n) is 11.5. The summed E-state index contributed by atoms with van der Waals surface area (Å²) in [7, 11) is 1.68. The Balaban J connectivity index is 1.36. The molecule has 0 saturated carbocycles. The van der Waals surface area contributed by atoms with Gasteiger partial charge in [-0.05, 0) is 73.5 Å². The molecule has 3 rings (SSSR count). The number of amides is 1. The highest BCUT2D eigenvalue weighted by Crippen LogP contribution is 2.13. The van der Waals surface area contributed by atoms with E-state index in [1.54, 1.807) is 7.11 Å². The molecule has 0 spiro atoms. The number of ether oxygens (including phenoxy) is 1. The highest BCUT2D eigenvalue weighted by atomic mass is 16.5. The van der Waals surface area contributed by atoms with Crippen molar-refractivity contribution < 1.29 is 9.53 Å². The maximum absolute atomic E-state index is 12.7. The number of methoxy groups -OCH3 is 1. The lowest BCUT2D eigenvalue weighted by Crippen LogP contribution is -2.27. The standard InChI is InChI=1S/C28H34N2O2/c1-32-26-18-16-24(17-19-26)13-9-20-29-22-25-14-5-6-15-27(25)28(31)30-21-8-7-12-23-10-3-2-4-11-23/h2-6,10-11,14-19,29H,7-9,12-13,20-22H2,1H3,(H,30,31). The van der Waals surface area contributed by atoms with E-state index in [4.69, 9.17) is 4.74 Å². The third kappa shape index (κ3) is 7.86. The number of nitrogens with one attached hydrogen (secondary N) is 2. The topological polar surface area (TPSA) is 50.4 Å². The quantitative estimate of drug-likeness (QED) is 0.368. The maximum atomic E-state index is 12.7. The second-order valence-corrected chi connectivity index (χ2v) is 7.98. The molecule has 0 aromatic heterocycles. The van der Waals surface area contributed by atoms with E-state index in [0.29, 0.717) is 13.1 Å². The molecule has 0 aliphatic heterocycles. The van der Waals surface area contributed by atoms with E-state index in [0.717, 1.165) is 55.5 Å². The molecular weight excluding hydrogens is 396 g/mol. The summed E-state index contributed by atoms with van der Waals surface area (Å²) in [5.74, 6) is 0.901. The van der Waals surface area contributed by atoms with Crippen LogP contribution in [0.2, 0.25) is 0 Å². The first kappa shape index (κ1) is 23.6. The molecule has 1 amide bonds. The molecule has 0 fully saturated rings. The molecule has 0 bridgehead atoms. The van der Waals surface area contributed by atoms with Crippen molar-refractivity contribution in [2.75, 3.05) is 20.2 Å². The molecule has 4 heteroatoms. The first-order valence-corrected chi connectivity index (χ1v) is 11.5. The predicted molar refractivity (Wildman–Crippen MR) is 131 cm³/mol. The summed E-state index contributed by atoms with van der Waals surface area (Å²) >= 11 is 0. The Morgan fingerprint density at radius 2 is 1.44 bits per heavy atom. The number of hydrogen-bond donors (Lipinski definition) is 2. The van der Waals surface area contributed by atoms with Crippen LogP contribution >= 0.6 is 0 Å². The van der Waals surface area contributed by atoms with Gasteiger partial charge in [0.05, 0.1) is 7.11 Å². The molecule has 3 aromatic carbocycles. The van der Waals surface area contributed by atoms with Gasteiger partial charge in [-0.25, -0.2) is 0 Å². The summed E-state index contributed by atoms with van der Waals surface area (Å²) in [5, 5.41) is 6.56. The summed E-state index contributed by atoms with van der Waals surface area (Å²) in [4.78, 5) is 12.7. The highest BCUT2D eigenvalue weighted by molar-refractivity contribution is 5.95. The SMILES string of the molecule is COc1ccc(CCCNCc2ccccc2C(=O)NCCCCc2ccccc2)cc1. The van der Waals surface area contributed by atoms with Gasteiger partial charge in [-0.1, -0.05) is 60.7 Å². The van der Waals surface area contributed by atoms with Crippen molar-refractivity contribution in [2.45, 2.75) is 38.6 Å². The van der Waals surface area contributed by atoms with Crippen LogP contribution in [0.5, 0.6) is 5.75 Å². The van der Waals surface area contributed by atoms with Crippen LogP contribution in [-0.4, -0.2) is 26.1 Å². The summed E-state index contributed by atoms with van der Waals surface area (Å²) in [6.07, 6.45) is 5.16. The first-order chi connectivity index (χ1) is 15.8. The van der Waals surface area contributed by atoms with E-state index in [1.165, 1.54) is 11.1 Å². The zero-order valence-corrected chi connectivity index (χ0v) is 19.0. The summed E-state index contributed by atoms with van der Waals surface area (Å²) < 4.78 is 5.20. The lowest BCUT2D eigenvalue weighted by Gasteiger charge is -2.11. The molecule has 0 aliphatic carbocycles. The molecule has 0 unspecified atom stereocenters. The van der Waals surface area contributed by atoms with Crippen molar-refractivity contribution in [2.24, 2.45) is 0 Å². The average Bonchev–Trinajstić information content (AvgIpc) is 2.85. The van der Waals surface area contributed by atoms with Gasteiger partial charge in [0.25, 0.3) is 5.91 Å². The van der Waals surface area contributed by atoms with Crippen LogP contribution in [0.3, 0.4) is 0 Å². The number of aryl methyl sites for hydroxylation is 2. The smallest absolute Gasteiger partial charge is 0.251 e. The second kappa shape index (κ2) is 13.3. The average molecular weight is 431 g/mol. The third-order valence-electron chi connectivity index (χ3n) is 5.58. The van der Waals surface area contributed by atoms with Gasteiger partial charge in [-0.2, -0.15) is 0 Å². The number of benzene rings is 3. The summed E-state index contributed by atoms with van der Waals surface area (Å²) in [6, 6.07) is 26.6. The summed E-state index contributed by atoms with van der Waals surface area (Å²) in [6.45, 7) is 2.30. The lowest BCUT2D eigenvalue weighted by molar-refractivity contribution is 0.0952. The van der Waals surface area contributed by atoms with E-state index < -0.39 is 0 Å². The maximum Gasteiger partial charge on any atom is 0.251 e. The van der Waals surface area contributed by atoms with E-state index in [1.807, 2.05) is 42.5 Å². The zero-order valence-electron chi connectivity index (χ0n) is 19.0. The van der Waals surface area contributed by atoms with Crippen molar-refractivity contribution in [3.05, 3.63) is 101 Å². The van der Waals surface area contributed by atoms with Crippen LogP contribution in [-0.2, 0) is 19.4 Å². The number of unbranched alkanes of at least 4 members (excludes halogenated alkanes) is 1. The molecule has 0 atom stereocenters. The Kier molecular flexibility index (Phi) is 9.81. The van der Waals surface area contributed by atoms with Gasteiger partial charge < -0.3 is 15.4 Å². The fourth-order valence-electron chi connectivity index (χ4n) is 3.72. The fourth-order valence-corrected chi connectivity index (χ4v) is 3.72. The normalized spacial score (nSPS) is 10.7. The van der Waals surface area contributed by atoms with Crippen molar-refractivity contribution >= 4 is 5.91 Å². The van der Waals surface area contributed by atoms with Gasteiger partial charge in [-0.15, -0.1) is 0 Å². The Morgan fingerprint density at radius 1 is 0.750 bits per heavy atom. The largest absolute Gasteiger partial charge is 0.497 e. The molecule has 4 nitrogen and oxygen atoms in total. The molecule has 0 aliphatic rings. The molecule has 0 saturated heterocycles. The van der Waals surface area contributed by atoms with E-state index in [-0.39, 0.29) is 5.91 Å². The van der Waals surface area contributed by atoms with E-state index in [2.05, 4.69) is 47.0 Å².